The molecule has 0 unspecified atom stereocenters. The summed E-state index contributed by atoms with van der Waals surface area (Å²) in [6.07, 6.45) is 5.53. The number of nitrogens with zero attached hydrogens (tertiary/aromatic N) is 2. The van der Waals surface area contributed by atoms with Crippen molar-refractivity contribution in [1.82, 2.24) is 10.3 Å². The molecule has 1 fully saturated rings. The molecule has 1 rings (SSSR count). The lowest BCUT2D eigenvalue weighted by molar-refractivity contribution is 0.249. The average molecular weight is 184 g/mol. The van der Waals surface area contributed by atoms with Crippen molar-refractivity contribution in [2.24, 2.45) is 10.8 Å². The van der Waals surface area contributed by atoms with Gasteiger partial charge in [0.1, 0.15) is 0 Å². The zero-order valence-electron chi connectivity index (χ0n) is 7.70. The molecule has 1 saturated heterocycles. The summed E-state index contributed by atoms with van der Waals surface area (Å²) in [7, 11) is 0. The van der Waals surface area contributed by atoms with E-state index in [-0.39, 0.29) is 0 Å². The Kier molecular flexibility index (Phi) is 4.25. The minimum absolute atomic E-state index is 0.616. The molecule has 0 radical (unpaired) electrons. The number of urea groups is 1. The number of carbonyl (C=O) groups is 1. The Bertz CT molecular complexity index is 187. The maximum atomic E-state index is 10.2. The number of carbonyl (C=O) groups excluding carboxylic acids is 1. The third-order valence-corrected chi connectivity index (χ3v) is 2.05. The summed E-state index contributed by atoms with van der Waals surface area (Å²) in [5.74, 6) is 0. The van der Waals surface area contributed by atoms with E-state index in [9.17, 15) is 4.79 Å². The molecule has 13 heavy (non-hydrogen) atoms. The number of nitrogens with two attached hydrogens (primary N) is 1. The van der Waals surface area contributed by atoms with E-state index in [1.165, 1.54) is 19.3 Å². The van der Waals surface area contributed by atoms with Gasteiger partial charge in [-0.1, -0.05) is 6.42 Å². The second-order valence-electron chi connectivity index (χ2n) is 3.15. The van der Waals surface area contributed by atoms with Gasteiger partial charge in [0.05, 0.1) is 0 Å². The van der Waals surface area contributed by atoms with Gasteiger partial charge in [0.25, 0.3) is 0 Å². The second-order valence-corrected chi connectivity index (χ2v) is 3.15. The molecule has 1 aliphatic heterocycles. The second kappa shape index (κ2) is 5.53. The fraction of sp³-hybridized carbons (Fsp3) is 0.750. The molecule has 0 spiro atoms. The number of piperidine rings is 1. The number of amides is 2. The SMILES string of the molecule is NC(=O)N/N=C/CN1CCCCC1. The summed E-state index contributed by atoms with van der Waals surface area (Å²) in [5.41, 5.74) is 7.00. The van der Waals surface area contributed by atoms with Gasteiger partial charge in [0.15, 0.2) is 0 Å². The van der Waals surface area contributed by atoms with Crippen LogP contribution in [0.1, 0.15) is 19.3 Å². The van der Waals surface area contributed by atoms with Crippen molar-refractivity contribution in [1.29, 1.82) is 0 Å². The first-order valence-corrected chi connectivity index (χ1v) is 4.58. The lowest BCUT2D eigenvalue weighted by Gasteiger charge is -2.24. The first-order valence-electron chi connectivity index (χ1n) is 4.58. The van der Waals surface area contributed by atoms with Crippen molar-refractivity contribution in [3.8, 4) is 0 Å². The molecule has 0 aromatic heterocycles. The Morgan fingerprint density at radius 3 is 2.77 bits per heavy atom. The molecule has 2 amide bonds. The van der Waals surface area contributed by atoms with Crippen LogP contribution in [0.4, 0.5) is 4.79 Å². The monoisotopic (exact) mass is 184 g/mol. The lowest BCUT2D eigenvalue weighted by atomic mass is 10.1. The fourth-order valence-corrected chi connectivity index (χ4v) is 1.41. The van der Waals surface area contributed by atoms with Crippen molar-refractivity contribution in [3.05, 3.63) is 0 Å². The summed E-state index contributed by atoms with van der Waals surface area (Å²) >= 11 is 0. The number of hydrogen-bond acceptors (Lipinski definition) is 3. The first-order chi connectivity index (χ1) is 6.29. The topological polar surface area (TPSA) is 70.7 Å². The smallest absolute Gasteiger partial charge is 0.332 e. The van der Waals surface area contributed by atoms with Gasteiger partial charge in [-0.15, -0.1) is 0 Å². The van der Waals surface area contributed by atoms with E-state index in [1.807, 2.05) is 0 Å². The van der Waals surface area contributed by atoms with Gasteiger partial charge in [-0.2, -0.15) is 5.10 Å². The van der Waals surface area contributed by atoms with Gasteiger partial charge in [-0.3, -0.25) is 4.90 Å². The summed E-state index contributed by atoms with van der Waals surface area (Å²) in [5, 5.41) is 3.67. The van der Waals surface area contributed by atoms with E-state index in [0.717, 1.165) is 19.6 Å². The third-order valence-electron chi connectivity index (χ3n) is 2.05. The summed E-state index contributed by atoms with van der Waals surface area (Å²) in [6, 6.07) is -0.616. The van der Waals surface area contributed by atoms with E-state index >= 15 is 0 Å². The van der Waals surface area contributed by atoms with Gasteiger partial charge in [0.2, 0.25) is 0 Å². The van der Waals surface area contributed by atoms with Crippen LogP contribution in [-0.4, -0.2) is 36.8 Å². The van der Waals surface area contributed by atoms with Gasteiger partial charge < -0.3 is 5.73 Å². The molecule has 0 aliphatic carbocycles. The van der Waals surface area contributed by atoms with Crippen LogP contribution in [0, 0.1) is 0 Å². The Hall–Kier alpha value is -1.10. The first kappa shape index (κ1) is 9.98. The Morgan fingerprint density at radius 1 is 1.46 bits per heavy atom. The molecule has 0 aromatic carbocycles. The van der Waals surface area contributed by atoms with Crippen LogP contribution in [0.2, 0.25) is 0 Å². The molecule has 1 heterocycles. The van der Waals surface area contributed by atoms with E-state index in [2.05, 4.69) is 15.4 Å². The zero-order chi connectivity index (χ0) is 9.52. The largest absolute Gasteiger partial charge is 0.350 e. The van der Waals surface area contributed by atoms with Crippen LogP contribution < -0.4 is 11.2 Å². The highest BCUT2D eigenvalue weighted by Gasteiger charge is 2.07. The van der Waals surface area contributed by atoms with Crippen LogP contribution in [0.3, 0.4) is 0 Å². The minimum atomic E-state index is -0.616. The van der Waals surface area contributed by atoms with Gasteiger partial charge in [-0.05, 0) is 25.9 Å². The molecule has 0 atom stereocenters. The highest BCUT2D eigenvalue weighted by atomic mass is 16.2. The van der Waals surface area contributed by atoms with Crippen LogP contribution in [-0.2, 0) is 0 Å². The normalized spacial score (nSPS) is 19.1. The molecular weight excluding hydrogens is 168 g/mol. The molecule has 74 valence electrons. The Balaban J connectivity index is 2.09. The predicted octanol–water partition coefficient (Wildman–Crippen LogP) is 0.126. The maximum absolute atomic E-state index is 10.2. The number of rotatable bonds is 3. The zero-order valence-corrected chi connectivity index (χ0v) is 7.70. The standard InChI is InChI=1S/C8H16N4O/c9-8(13)11-10-4-7-12-5-2-1-3-6-12/h4H,1-3,5-7H2,(H3,9,11,13)/b10-4+. The van der Waals surface area contributed by atoms with Crippen molar-refractivity contribution >= 4 is 12.2 Å². The van der Waals surface area contributed by atoms with Crippen LogP contribution in [0.15, 0.2) is 5.10 Å². The number of primary amides is 1. The van der Waals surface area contributed by atoms with Crippen molar-refractivity contribution in [2.45, 2.75) is 19.3 Å². The molecular formula is C8H16N4O. The summed E-state index contributed by atoms with van der Waals surface area (Å²) < 4.78 is 0. The highest BCUT2D eigenvalue weighted by molar-refractivity contribution is 5.73. The number of hydrazone groups is 1. The van der Waals surface area contributed by atoms with Crippen molar-refractivity contribution in [3.63, 3.8) is 0 Å². The lowest BCUT2D eigenvalue weighted by Crippen LogP contribution is -2.32. The number of nitrogens with one attached hydrogen (secondary N) is 1. The summed E-state index contributed by atoms with van der Waals surface area (Å²) in [6.45, 7) is 3.05. The van der Waals surface area contributed by atoms with Crippen molar-refractivity contribution < 1.29 is 4.79 Å². The van der Waals surface area contributed by atoms with Gasteiger partial charge >= 0.3 is 6.03 Å². The predicted molar refractivity (Wildman–Crippen MR) is 51.5 cm³/mol. The molecule has 0 saturated carbocycles. The maximum Gasteiger partial charge on any atom is 0.332 e. The van der Waals surface area contributed by atoms with Crippen molar-refractivity contribution in [2.75, 3.05) is 19.6 Å². The quantitative estimate of drug-likeness (QED) is 0.483. The minimum Gasteiger partial charge on any atom is -0.350 e. The van der Waals surface area contributed by atoms with Crippen LogP contribution >= 0.6 is 0 Å². The van der Waals surface area contributed by atoms with E-state index in [4.69, 9.17) is 5.73 Å². The van der Waals surface area contributed by atoms with Gasteiger partial charge in [0, 0.05) is 12.8 Å². The highest BCUT2D eigenvalue weighted by Crippen LogP contribution is 2.06. The number of hydrogen-bond donors (Lipinski definition) is 2. The molecule has 5 nitrogen and oxygen atoms in total. The molecule has 3 N–H and O–H groups in total. The number of likely N-dealkylation sites (tertiary alicyclic amines) is 1. The molecule has 5 heteroatoms. The van der Waals surface area contributed by atoms with E-state index in [1.54, 1.807) is 6.21 Å². The average Bonchev–Trinajstić information content (AvgIpc) is 2.14. The molecule has 0 aromatic rings. The van der Waals surface area contributed by atoms with E-state index in [0.29, 0.717) is 0 Å². The molecule has 1 aliphatic rings. The van der Waals surface area contributed by atoms with Gasteiger partial charge in [-0.25, -0.2) is 10.2 Å². The van der Waals surface area contributed by atoms with Crippen LogP contribution in [0.5, 0.6) is 0 Å². The molecule has 0 bridgehead atoms. The Morgan fingerprint density at radius 2 is 2.15 bits per heavy atom. The van der Waals surface area contributed by atoms with E-state index < -0.39 is 6.03 Å². The fourth-order valence-electron chi connectivity index (χ4n) is 1.41. The van der Waals surface area contributed by atoms with Crippen LogP contribution in [0.25, 0.3) is 0 Å². The Labute approximate surface area is 78.0 Å². The third kappa shape index (κ3) is 4.47. The summed E-state index contributed by atoms with van der Waals surface area (Å²) in [4.78, 5) is 12.5.